The predicted octanol–water partition coefficient (Wildman–Crippen LogP) is 2.51. The van der Waals surface area contributed by atoms with E-state index >= 15 is 0 Å². The fourth-order valence-corrected chi connectivity index (χ4v) is 2.09. The molecule has 2 rings (SSSR count). The van der Waals surface area contributed by atoms with Crippen LogP contribution in [0.5, 0.6) is 0 Å². The summed E-state index contributed by atoms with van der Waals surface area (Å²) in [5.74, 6) is 0.544. The van der Waals surface area contributed by atoms with Crippen LogP contribution in [-0.4, -0.2) is 17.1 Å². The third kappa shape index (κ3) is 2.90. The Balaban J connectivity index is 2.58. The van der Waals surface area contributed by atoms with E-state index in [4.69, 9.17) is 4.74 Å². The molecule has 0 saturated carbocycles. The molecule has 0 fully saturated rings. The molecule has 100 valence electrons. The summed E-state index contributed by atoms with van der Waals surface area (Å²) in [6.45, 7) is 6.46. The number of aromatic nitrogens is 2. The Morgan fingerprint density at radius 2 is 1.79 bits per heavy atom. The fourth-order valence-electron chi connectivity index (χ4n) is 2.09. The molecule has 1 N–H and O–H groups in total. The van der Waals surface area contributed by atoms with Gasteiger partial charge in [0, 0.05) is 18.7 Å². The Kier molecular flexibility index (Phi) is 3.81. The lowest BCUT2D eigenvalue weighted by molar-refractivity contribution is 0.177. The zero-order valence-electron chi connectivity index (χ0n) is 11.7. The average molecular weight is 258 g/mol. The summed E-state index contributed by atoms with van der Waals surface area (Å²) in [6.07, 6.45) is 0. The molecule has 19 heavy (non-hydrogen) atoms. The largest absolute Gasteiger partial charge is 0.377 e. The molecule has 0 unspecified atom stereocenters. The van der Waals surface area contributed by atoms with Gasteiger partial charge in [-0.2, -0.15) is 0 Å². The van der Waals surface area contributed by atoms with Gasteiger partial charge in [0.15, 0.2) is 0 Å². The number of benzene rings is 1. The van der Waals surface area contributed by atoms with Crippen molar-refractivity contribution in [3.8, 4) is 11.3 Å². The highest BCUT2D eigenvalue weighted by atomic mass is 16.5. The number of rotatable bonds is 3. The molecule has 4 nitrogen and oxygen atoms in total. The van der Waals surface area contributed by atoms with Crippen LogP contribution in [0, 0.1) is 20.8 Å². The van der Waals surface area contributed by atoms with Gasteiger partial charge in [-0.3, -0.25) is 4.79 Å². The molecule has 1 heterocycles. The number of aromatic amines is 1. The molecule has 0 atom stereocenters. The first-order valence-corrected chi connectivity index (χ1v) is 6.18. The van der Waals surface area contributed by atoms with E-state index in [0.29, 0.717) is 18.1 Å². The van der Waals surface area contributed by atoms with Crippen LogP contribution in [-0.2, 0) is 11.3 Å². The number of hydrogen-bond donors (Lipinski definition) is 1. The molecule has 1 aromatic heterocycles. The highest BCUT2D eigenvalue weighted by molar-refractivity contribution is 5.65. The van der Waals surface area contributed by atoms with Crippen molar-refractivity contribution in [2.45, 2.75) is 27.4 Å². The van der Waals surface area contributed by atoms with Crippen LogP contribution in [0.1, 0.15) is 22.5 Å². The Bertz CT molecular complexity index is 660. The van der Waals surface area contributed by atoms with E-state index in [9.17, 15) is 4.79 Å². The number of nitrogens with one attached hydrogen (secondary N) is 1. The summed E-state index contributed by atoms with van der Waals surface area (Å²) >= 11 is 0. The fraction of sp³-hybridized carbons (Fsp3) is 0.333. The minimum absolute atomic E-state index is 0.158. The molecule has 0 aliphatic heterocycles. The maximum absolute atomic E-state index is 11.7. The van der Waals surface area contributed by atoms with Gasteiger partial charge in [0.25, 0.3) is 5.56 Å². The number of aryl methyl sites for hydroxylation is 3. The average Bonchev–Trinajstić information content (AvgIpc) is 2.33. The first kappa shape index (κ1) is 13.5. The van der Waals surface area contributed by atoms with E-state index in [-0.39, 0.29) is 5.56 Å². The molecule has 4 heteroatoms. The molecule has 0 saturated heterocycles. The van der Waals surface area contributed by atoms with Gasteiger partial charge in [-0.05, 0) is 43.5 Å². The Morgan fingerprint density at radius 1 is 1.11 bits per heavy atom. The van der Waals surface area contributed by atoms with E-state index in [1.807, 2.05) is 6.92 Å². The topological polar surface area (TPSA) is 55.0 Å². The first-order chi connectivity index (χ1) is 9.01. The third-order valence-corrected chi connectivity index (χ3v) is 3.19. The van der Waals surface area contributed by atoms with Crippen molar-refractivity contribution in [3.05, 3.63) is 51.1 Å². The van der Waals surface area contributed by atoms with Gasteiger partial charge < -0.3 is 9.72 Å². The second-order valence-electron chi connectivity index (χ2n) is 4.76. The zero-order valence-corrected chi connectivity index (χ0v) is 11.7. The van der Waals surface area contributed by atoms with Crippen LogP contribution >= 0.6 is 0 Å². The molecule has 1 aromatic carbocycles. The molecule has 0 aliphatic rings. The van der Waals surface area contributed by atoms with Crippen LogP contribution in [0.2, 0.25) is 0 Å². The Hall–Kier alpha value is -1.94. The summed E-state index contributed by atoms with van der Waals surface area (Å²) in [6, 6.07) is 5.71. The van der Waals surface area contributed by atoms with Crippen molar-refractivity contribution >= 4 is 0 Å². The van der Waals surface area contributed by atoms with Gasteiger partial charge in [-0.25, -0.2) is 4.98 Å². The highest BCUT2D eigenvalue weighted by Crippen LogP contribution is 2.24. The second-order valence-corrected chi connectivity index (χ2v) is 4.76. The maximum atomic E-state index is 11.7. The summed E-state index contributed by atoms with van der Waals surface area (Å²) in [5, 5.41) is 0. The van der Waals surface area contributed by atoms with Gasteiger partial charge >= 0.3 is 0 Å². The van der Waals surface area contributed by atoms with Crippen molar-refractivity contribution < 1.29 is 4.74 Å². The SMILES string of the molecule is COCc1nc(-c2cc(C)c(C)cc2C)cc(=O)[nH]1. The molecule has 2 aromatic rings. The number of H-pyrrole nitrogens is 1. The summed E-state index contributed by atoms with van der Waals surface area (Å²) in [7, 11) is 1.58. The van der Waals surface area contributed by atoms with Gasteiger partial charge in [0.2, 0.25) is 0 Å². The first-order valence-electron chi connectivity index (χ1n) is 6.18. The number of ether oxygens (including phenoxy) is 1. The Labute approximate surface area is 112 Å². The Morgan fingerprint density at radius 3 is 2.47 bits per heavy atom. The third-order valence-electron chi connectivity index (χ3n) is 3.19. The minimum Gasteiger partial charge on any atom is -0.377 e. The van der Waals surface area contributed by atoms with Gasteiger partial charge in [0.05, 0.1) is 5.69 Å². The van der Waals surface area contributed by atoms with Crippen LogP contribution in [0.25, 0.3) is 11.3 Å². The standard InChI is InChI=1S/C15H18N2O2/c1-9-5-11(3)12(6-10(9)2)13-7-15(18)17-14(16-13)8-19-4/h5-7H,8H2,1-4H3,(H,16,17,18). The maximum Gasteiger partial charge on any atom is 0.251 e. The molecule has 0 aliphatic carbocycles. The van der Waals surface area contributed by atoms with Gasteiger partial charge in [-0.1, -0.05) is 6.07 Å². The van der Waals surface area contributed by atoms with E-state index in [2.05, 4.69) is 35.9 Å². The van der Waals surface area contributed by atoms with Crippen LogP contribution in [0.15, 0.2) is 23.0 Å². The molecular weight excluding hydrogens is 240 g/mol. The van der Waals surface area contributed by atoms with Crippen LogP contribution in [0.3, 0.4) is 0 Å². The lowest BCUT2D eigenvalue weighted by Crippen LogP contribution is -2.12. The van der Waals surface area contributed by atoms with Crippen molar-refractivity contribution in [2.24, 2.45) is 0 Å². The van der Waals surface area contributed by atoms with Crippen molar-refractivity contribution in [3.63, 3.8) is 0 Å². The number of methoxy groups -OCH3 is 1. The summed E-state index contributed by atoms with van der Waals surface area (Å²) in [5.41, 5.74) is 5.07. The monoisotopic (exact) mass is 258 g/mol. The predicted molar refractivity (Wildman–Crippen MR) is 75.2 cm³/mol. The number of nitrogens with zero attached hydrogens (tertiary/aromatic N) is 1. The quantitative estimate of drug-likeness (QED) is 0.920. The second kappa shape index (κ2) is 5.36. The lowest BCUT2D eigenvalue weighted by atomic mass is 9.98. The smallest absolute Gasteiger partial charge is 0.251 e. The van der Waals surface area contributed by atoms with Crippen LogP contribution < -0.4 is 5.56 Å². The molecule has 0 amide bonds. The van der Waals surface area contributed by atoms with Crippen LogP contribution in [0.4, 0.5) is 0 Å². The van der Waals surface area contributed by atoms with E-state index < -0.39 is 0 Å². The summed E-state index contributed by atoms with van der Waals surface area (Å²) < 4.78 is 5.01. The van der Waals surface area contributed by atoms with Crippen molar-refractivity contribution in [2.75, 3.05) is 7.11 Å². The molecule has 0 radical (unpaired) electrons. The van der Waals surface area contributed by atoms with E-state index in [0.717, 1.165) is 11.1 Å². The normalized spacial score (nSPS) is 10.7. The van der Waals surface area contributed by atoms with Crippen molar-refractivity contribution in [1.29, 1.82) is 0 Å². The summed E-state index contributed by atoms with van der Waals surface area (Å²) in [4.78, 5) is 18.8. The number of hydrogen-bond acceptors (Lipinski definition) is 3. The van der Waals surface area contributed by atoms with Gasteiger partial charge in [-0.15, -0.1) is 0 Å². The van der Waals surface area contributed by atoms with Crippen molar-refractivity contribution in [1.82, 2.24) is 9.97 Å². The molecular formula is C15H18N2O2. The lowest BCUT2D eigenvalue weighted by Gasteiger charge is -2.10. The van der Waals surface area contributed by atoms with E-state index in [1.54, 1.807) is 7.11 Å². The van der Waals surface area contributed by atoms with Gasteiger partial charge in [0.1, 0.15) is 12.4 Å². The van der Waals surface area contributed by atoms with E-state index in [1.165, 1.54) is 17.2 Å². The molecule has 0 bridgehead atoms. The zero-order chi connectivity index (χ0) is 14.0. The molecule has 0 spiro atoms. The highest BCUT2D eigenvalue weighted by Gasteiger charge is 2.08. The minimum atomic E-state index is -0.158.